The maximum atomic E-state index is 13.4. The molecule has 30 heavy (non-hydrogen) atoms. The molecule has 152 valence electrons. The van der Waals surface area contributed by atoms with Crippen LogP contribution in [-0.4, -0.2) is 11.5 Å². The molecule has 1 unspecified atom stereocenters. The van der Waals surface area contributed by atoms with Crippen molar-refractivity contribution in [3.8, 4) is 11.5 Å². The molecule has 0 aliphatic carbocycles. The highest BCUT2D eigenvalue weighted by Gasteiger charge is 2.16. The van der Waals surface area contributed by atoms with Crippen LogP contribution in [-0.2, 0) is 13.1 Å². The molecule has 1 atom stereocenters. The number of rotatable bonds is 7. The highest BCUT2D eigenvalue weighted by molar-refractivity contribution is 5.81. The highest BCUT2D eigenvalue weighted by atomic mass is 16.5. The molecule has 1 aromatic heterocycles. The van der Waals surface area contributed by atoms with Gasteiger partial charge in [-0.1, -0.05) is 48.5 Å². The number of aryl methyl sites for hydroxylation is 1. The molecule has 4 aromatic rings. The zero-order valence-corrected chi connectivity index (χ0v) is 17.4. The van der Waals surface area contributed by atoms with Crippen LogP contribution in [0.3, 0.4) is 0 Å². The minimum atomic E-state index is 0.0822. The first kappa shape index (κ1) is 19.9. The highest BCUT2D eigenvalue weighted by Crippen LogP contribution is 2.24. The fourth-order valence-corrected chi connectivity index (χ4v) is 3.78. The molecule has 0 saturated carbocycles. The second-order valence-corrected chi connectivity index (χ2v) is 7.62. The van der Waals surface area contributed by atoms with Gasteiger partial charge in [0.2, 0.25) is 0 Å². The maximum absolute atomic E-state index is 13.4. The quantitative estimate of drug-likeness (QED) is 0.488. The molecule has 1 heterocycles. The van der Waals surface area contributed by atoms with Gasteiger partial charge in [0, 0.05) is 22.2 Å². The van der Waals surface area contributed by atoms with Crippen LogP contribution in [0.15, 0.2) is 83.7 Å². The van der Waals surface area contributed by atoms with E-state index in [0.717, 1.165) is 35.6 Å². The Morgan fingerprint density at radius 3 is 2.27 bits per heavy atom. The Labute approximate surface area is 176 Å². The number of hydrogen-bond donors (Lipinski definition) is 2. The van der Waals surface area contributed by atoms with Gasteiger partial charge in [0.15, 0.2) is 5.43 Å². The van der Waals surface area contributed by atoms with Crippen molar-refractivity contribution in [3.63, 3.8) is 0 Å². The number of quaternary nitrogens is 1. The van der Waals surface area contributed by atoms with Gasteiger partial charge in [-0.15, -0.1) is 0 Å². The Bertz CT molecular complexity index is 1180. The van der Waals surface area contributed by atoms with Crippen LogP contribution in [0, 0.1) is 6.92 Å². The van der Waals surface area contributed by atoms with Crippen LogP contribution in [0.25, 0.3) is 10.9 Å². The molecule has 2 N–H and O–H groups in total. The van der Waals surface area contributed by atoms with Crippen LogP contribution >= 0.6 is 0 Å². The molecule has 0 amide bonds. The standard InChI is InChI=1S/C26H26N2O2/c1-3-28(17-20-10-6-4-7-11-20)18-24-19(2)27-25-15-14-22(16-23(25)26(24)29)30-21-12-8-5-9-13-21/h4-16H,3,17-18H2,1-2H3,(H,27,29)/p+1. The first-order chi connectivity index (χ1) is 14.6. The van der Waals surface area contributed by atoms with Gasteiger partial charge >= 0.3 is 0 Å². The maximum Gasteiger partial charge on any atom is 0.198 e. The molecule has 0 bridgehead atoms. The first-order valence-electron chi connectivity index (χ1n) is 10.4. The van der Waals surface area contributed by atoms with E-state index in [-0.39, 0.29) is 5.43 Å². The van der Waals surface area contributed by atoms with Gasteiger partial charge in [0.05, 0.1) is 12.1 Å². The Hall–Kier alpha value is -3.37. The fourth-order valence-electron chi connectivity index (χ4n) is 3.78. The smallest absolute Gasteiger partial charge is 0.198 e. The lowest BCUT2D eigenvalue weighted by Gasteiger charge is -2.19. The lowest BCUT2D eigenvalue weighted by Crippen LogP contribution is -3.09. The molecule has 3 aromatic carbocycles. The Morgan fingerprint density at radius 2 is 1.57 bits per heavy atom. The summed E-state index contributed by atoms with van der Waals surface area (Å²) >= 11 is 0. The van der Waals surface area contributed by atoms with Crippen molar-refractivity contribution in [1.82, 2.24) is 4.98 Å². The minimum Gasteiger partial charge on any atom is -0.457 e. The molecule has 4 rings (SSSR count). The summed E-state index contributed by atoms with van der Waals surface area (Å²) in [7, 11) is 0. The summed E-state index contributed by atoms with van der Waals surface area (Å²) in [6.45, 7) is 6.68. The first-order valence-corrected chi connectivity index (χ1v) is 10.4. The number of para-hydroxylation sites is 1. The van der Waals surface area contributed by atoms with Gasteiger partial charge < -0.3 is 14.6 Å². The Kier molecular flexibility index (Phi) is 5.96. The number of aromatic nitrogens is 1. The van der Waals surface area contributed by atoms with E-state index in [1.54, 1.807) is 0 Å². The van der Waals surface area contributed by atoms with Crippen molar-refractivity contribution in [2.24, 2.45) is 0 Å². The zero-order chi connectivity index (χ0) is 20.9. The van der Waals surface area contributed by atoms with Gasteiger partial charge in [-0.25, -0.2) is 0 Å². The third kappa shape index (κ3) is 4.44. The summed E-state index contributed by atoms with van der Waals surface area (Å²) in [5, 5.41) is 0.666. The summed E-state index contributed by atoms with van der Waals surface area (Å²) in [5.74, 6) is 1.42. The second-order valence-electron chi connectivity index (χ2n) is 7.62. The molecule has 4 nitrogen and oxygen atoms in total. The molecule has 0 aliphatic heterocycles. The average molecular weight is 400 g/mol. The van der Waals surface area contributed by atoms with Crippen LogP contribution in [0.4, 0.5) is 0 Å². The van der Waals surface area contributed by atoms with Gasteiger partial charge in [0.1, 0.15) is 24.6 Å². The molecule has 0 aliphatic rings. The van der Waals surface area contributed by atoms with Crippen molar-refractivity contribution >= 4 is 10.9 Å². The van der Waals surface area contributed by atoms with Crippen molar-refractivity contribution in [2.75, 3.05) is 6.54 Å². The van der Waals surface area contributed by atoms with Gasteiger partial charge in [-0.2, -0.15) is 0 Å². The molecular weight excluding hydrogens is 372 g/mol. The summed E-state index contributed by atoms with van der Waals surface area (Å²) in [6.07, 6.45) is 0. The van der Waals surface area contributed by atoms with E-state index in [1.165, 1.54) is 10.5 Å². The second kappa shape index (κ2) is 8.97. The third-order valence-electron chi connectivity index (χ3n) is 5.49. The summed E-state index contributed by atoms with van der Waals surface area (Å²) in [4.78, 5) is 18.1. The van der Waals surface area contributed by atoms with Crippen LogP contribution in [0.2, 0.25) is 0 Å². The number of nitrogens with one attached hydrogen (secondary N) is 2. The zero-order valence-electron chi connectivity index (χ0n) is 17.4. The summed E-state index contributed by atoms with van der Waals surface area (Å²) in [6, 6.07) is 25.7. The van der Waals surface area contributed by atoms with E-state index in [1.807, 2.05) is 61.5 Å². The average Bonchev–Trinajstić information content (AvgIpc) is 2.77. The van der Waals surface area contributed by atoms with E-state index >= 15 is 0 Å². The van der Waals surface area contributed by atoms with Crippen molar-refractivity contribution < 1.29 is 9.64 Å². The molecular formula is C26H27N2O2+. The van der Waals surface area contributed by atoms with Gasteiger partial charge in [-0.3, -0.25) is 4.79 Å². The number of pyridine rings is 1. The van der Waals surface area contributed by atoms with Crippen LogP contribution in [0.5, 0.6) is 11.5 Å². The van der Waals surface area contributed by atoms with E-state index < -0.39 is 0 Å². The topological polar surface area (TPSA) is 46.5 Å². The van der Waals surface area contributed by atoms with Gasteiger partial charge in [0.25, 0.3) is 0 Å². The number of H-pyrrole nitrogens is 1. The molecule has 4 heteroatoms. The van der Waals surface area contributed by atoms with Crippen molar-refractivity contribution in [2.45, 2.75) is 26.9 Å². The summed E-state index contributed by atoms with van der Waals surface area (Å²) in [5.41, 5.74) is 3.97. The van der Waals surface area contributed by atoms with Crippen molar-refractivity contribution in [1.29, 1.82) is 0 Å². The normalized spacial score (nSPS) is 12.1. The monoisotopic (exact) mass is 399 g/mol. The van der Waals surface area contributed by atoms with Gasteiger partial charge in [-0.05, 0) is 44.2 Å². The SMILES string of the molecule is CC[NH+](Cc1ccccc1)Cc1c(C)[nH]c2ccc(Oc3ccccc3)cc2c1=O. The molecule has 0 radical (unpaired) electrons. The third-order valence-corrected chi connectivity index (χ3v) is 5.49. The van der Waals surface area contributed by atoms with E-state index in [2.05, 4.69) is 36.2 Å². The number of hydrogen-bond acceptors (Lipinski definition) is 2. The largest absolute Gasteiger partial charge is 0.457 e. The number of benzene rings is 3. The Morgan fingerprint density at radius 1 is 0.867 bits per heavy atom. The molecule has 0 fully saturated rings. The summed E-state index contributed by atoms with van der Waals surface area (Å²) < 4.78 is 5.93. The van der Waals surface area contributed by atoms with Crippen molar-refractivity contribution in [3.05, 3.63) is 106 Å². The predicted octanol–water partition coefficient (Wildman–Crippen LogP) is 4.23. The van der Waals surface area contributed by atoms with Crippen LogP contribution < -0.4 is 15.1 Å². The molecule has 0 saturated heterocycles. The number of aromatic amines is 1. The fraction of sp³-hybridized carbons (Fsp3) is 0.192. The lowest BCUT2D eigenvalue weighted by atomic mass is 10.1. The number of fused-ring (bicyclic) bond motifs is 1. The predicted molar refractivity (Wildman–Crippen MR) is 121 cm³/mol. The van der Waals surface area contributed by atoms with E-state index in [9.17, 15) is 4.79 Å². The van der Waals surface area contributed by atoms with E-state index in [4.69, 9.17) is 4.74 Å². The van der Waals surface area contributed by atoms with E-state index in [0.29, 0.717) is 17.7 Å². The Balaban J connectivity index is 1.64. The number of ether oxygens (including phenoxy) is 1. The minimum absolute atomic E-state index is 0.0822. The lowest BCUT2D eigenvalue weighted by molar-refractivity contribution is -0.925. The molecule has 0 spiro atoms. The van der Waals surface area contributed by atoms with Crippen LogP contribution in [0.1, 0.15) is 23.7 Å².